The van der Waals surface area contributed by atoms with Gasteiger partial charge in [0, 0.05) is 10.6 Å². The van der Waals surface area contributed by atoms with E-state index in [0.29, 0.717) is 36.6 Å². The zero-order valence-electron chi connectivity index (χ0n) is 13.1. The maximum atomic E-state index is 14.8. The van der Waals surface area contributed by atoms with Crippen LogP contribution in [-0.4, -0.2) is 7.11 Å². The van der Waals surface area contributed by atoms with E-state index >= 15 is 0 Å². The molecule has 0 aromatic heterocycles. The number of rotatable bonds is 6. The SMILES string of the molecule is COc1ccc(COCc2cccc(Cl)c2C2(F)CCC2)cc1. The van der Waals surface area contributed by atoms with Crippen LogP contribution >= 0.6 is 11.6 Å². The lowest BCUT2D eigenvalue weighted by Crippen LogP contribution is -2.30. The summed E-state index contributed by atoms with van der Waals surface area (Å²) < 4.78 is 25.7. The predicted molar refractivity (Wildman–Crippen MR) is 89.6 cm³/mol. The Morgan fingerprint density at radius 1 is 1.09 bits per heavy atom. The highest BCUT2D eigenvalue weighted by atomic mass is 35.5. The second-order valence-corrected chi connectivity index (χ2v) is 6.34. The number of ether oxygens (including phenoxy) is 2. The third-order valence-corrected chi connectivity index (χ3v) is 4.69. The Morgan fingerprint density at radius 2 is 1.83 bits per heavy atom. The quantitative estimate of drug-likeness (QED) is 0.702. The fourth-order valence-corrected chi connectivity index (χ4v) is 3.29. The average Bonchev–Trinajstić information content (AvgIpc) is 2.53. The molecule has 0 N–H and O–H groups in total. The largest absolute Gasteiger partial charge is 0.497 e. The monoisotopic (exact) mass is 334 g/mol. The highest BCUT2D eigenvalue weighted by Crippen LogP contribution is 2.48. The van der Waals surface area contributed by atoms with Gasteiger partial charge in [0.15, 0.2) is 0 Å². The molecule has 1 aliphatic carbocycles. The van der Waals surface area contributed by atoms with Crippen molar-refractivity contribution in [1.82, 2.24) is 0 Å². The van der Waals surface area contributed by atoms with E-state index in [1.54, 1.807) is 13.2 Å². The summed E-state index contributed by atoms with van der Waals surface area (Å²) in [5.41, 5.74) is 1.22. The summed E-state index contributed by atoms with van der Waals surface area (Å²) in [7, 11) is 1.64. The van der Waals surface area contributed by atoms with Crippen molar-refractivity contribution < 1.29 is 13.9 Å². The summed E-state index contributed by atoms with van der Waals surface area (Å²) in [6.45, 7) is 0.822. The number of hydrogen-bond acceptors (Lipinski definition) is 2. The smallest absolute Gasteiger partial charge is 0.137 e. The van der Waals surface area contributed by atoms with Crippen molar-refractivity contribution in [3.63, 3.8) is 0 Å². The van der Waals surface area contributed by atoms with E-state index < -0.39 is 5.67 Å². The van der Waals surface area contributed by atoms with E-state index in [1.165, 1.54) is 0 Å². The molecule has 1 saturated carbocycles. The van der Waals surface area contributed by atoms with Crippen molar-refractivity contribution in [1.29, 1.82) is 0 Å². The van der Waals surface area contributed by atoms with Crippen LogP contribution in [0.4, 0.5) is 4.39 Å². The molecule has 1 aliphatic rings. The Morgan fingerprint density at radius 3 is 2.43 bits per heavy atom. The van der Waals surface area contributed by atoms with Gasteiger partial charge in [0.05, 0.1) is 20.3 Å². The van der Waals surface area contributed by atoms with Crippen LogP contribution in [0.1, 0.15) is 36.0 Å². The van der Waals surface area contributed by atoms with Crippen LogP contribution in [0.5, 0.6) is 5.75 Å². The molecule has 2 aromatic carbocycles. The summed E-state index contributed by atoms with van der Waals surface area (Å²) in [6.07, 6.45) is 2.00. The Hall–Kier alpha value is -1.58. The predicted octanol–water partition coefficient (Wildman–Crippen LogP) is 5.41. The summed E-state index contributed by atoms with van der Waals surface area (Å²) in [5.74, 6) is 0.815. The second kappa shape index (κ2) is 6.90. The molecule has 2 nitrogen and oxygen atoms in total. The van der Waals surface area contributed by atoms with E-state index in [0.717, 1.165) is 23.3 Å². The Balaban J connectivity index is 1.67. The van der Waals surface area contributed by atoms with Crippen molar-refractivity contribution in [2.75, 3.05) is 7.11 Å². The minimum Gasteiger partial charge on any atom is -0.497 e. The lowest BCUT2D eigenvalue weighted by Gasteiger charge is -2.36. The first kappa shape index (κ1) is 16.3. The highest BCUT2D eigenvalue weighted by Gasteiger charge is 2.41. The van der Waals surface area contributed by atoms with Gasteiger partial charge in [-0.1, -0.05) is 35.9 Å². The minimum absolute atomic E-state index is 0.355. The molecule has 0 bridgehead atoms. The van der Waals surface area contributed by atoms with Gasteiger partial charge >= 0.3 is 0 Å². The van der Waals surface area contributed by atoms with Gasteiger partial charge in [0.1, 0.15) is 11.4 Å². The van der Waals surface area contributed by atoms with Crippen molar-refractivity contribution >= 4 is 11.6 Å². The van der Waals surface area contributed by atoms with Crippen LogP contribution in [-0.2, 0) is 23.6 Å². The van der Waals surface area contributed by atoms with Gasteiger partial charge in [0.2, 0.25) is 0 Å². The number of alkyl halides is 1. The van der Waals surface area contributed by atoms with Crippen molar-refractivity contribution in [3.8, 4) is 5.75 Å². The maximum absolute atomic E-state index is 14.8. The van der Waals surface area contributed by atoms with E-state index in [2.05, 4.69) is 0 Å². The zero-order valence-corrected chi connectivity index (χ0v) is 13.9. The molecule has 2 aromatic rings. The van der Waals surface area contributed by atoms with Gasteiger partial charge in [-0.25, -0.2) is 4.39 Å². The van der Waals surface area contributed by atoms with Gasteiger partial charge in [-0.05, 0) is 48.6 Å². The fraction of sp³-hybridized carbons (Fsp3) is 0.368. The van der Waals surface area contributed by atoms with Crippen LogP contribution in [0.2, 0.25) is 5.02 Å². The minimum atomic E-state index is -1.28. The Labute approximate surface area is 141 Å². The normalized spacial score (nSPS) is 16.0. The van der Waals surface area contributed by atoms with Gasteiger partial charge in [-0.15, -0.1) is 0 Å². The standard InChI is InChI=1S/C19H20ClFO2/c1-22-16-8-6-14(7-9-16)12-23-13-15-4-2-5-17(20)18(15)19(21)10-3-11-19/h2,4-9H,3,10-13H2,1H3. The average molecular weight is 335 g/mol. The molecule has 0 unspecified atom stereocenters. The molecular formula is C19H20ClFO2. The molecule has 3 rings (SSSR count). The van der Waals surface area contributed by atoms with E-state index in [4.69, 9.17) is 21.1 Å². The molecule has 1 fully saturated rings. The van der Waals surface area contributed by atoms with Crippen molar-refractivity contribution in [3.05, 3.63) is 64.2 Å². The summed E-state index contributed by atoms with van der Waals surface area (Å²) in [6, 6.07) is 13.2. The zero-order chi connectivity index (χ0) is 16.3. The van der Waals surface area contributed by atoms with Crippen LogP contribution in [0.3, 0.4) is 0 Å². The molecule has 0 amide bonds. The molecule has 0 atom stereocenters. The van der Waals surface area contributed by atoms with Crippen LogP contribution in [0.15, 0.2) is 42.5 Å². The fourth-order valence-electron chi connectivity index (χ4n) is 2.93. The Bertz CT molecular complexity index is 666. The molecule has 0 radical (unpaired) electrons. The number of benzene rings is 2. The van der Waals surface area contributed by atoms with Gasteiger partial charge < -0.3 is 9.47 Å². The first-order chi connectivity index (χ1) is 11.1. The Kier molecular flexibility index (Phi) is 4.88. The third-order valence-electron chi connectivity index (χ3n) is 4.38. The van der Waals surface area contributed by atoms with Crippen LogP contribution in [0, 0.1) is 0 Å². The number of methoxy groups -OCH3 is 1. The lowest BCUT2D eigenvalue weighted by molar-refractivity contribution is 0.0539. The first-order valence-electron chi connectivity index (χ1n) is 7.80. The van der Waals surface area contributed by atoms with E-state index in [9.17, 15) is 4.39 Å². The maximum Gasteiger partial charge on any atom is 0.137 e. The summed E-state index contributed by atoms with van der Waals surface area (Å²) >= 11 is 6.25. The van der Waals surface area contributed by atoms with Crippen molar-refractivity contribution in [2.45, 2.75) is 38.1 Å². The van der Waals surface area contributed by atoms with Crippen LogP contribution in [0.25, 0.3) is 0 Å². The molecule has 23 heavy (non-hydrogen) atoms. The van der Waals surface area contributed by atoms with E-state index in [-0.39, 0.29) is 0 Å². The van der Waals surface area contributed by atoms with Gasteiger partial charge in [-0.3, -0.25) is 0 Å². The first-order valence-corrected chi connectivity index (χ1v) is 8.18. The lowest BCUT2D eigenvalue weighted by atomic mass is 9.75. The third kappa shape index (κ3) is 3.51. The molecular weight excluding hydrogens is 315 g/mol. The summed E-state index contributed by atoms with van der Waals surface area (Å²) in [5, 5.41) is 0.498. The topological polar surface area (TPSA) is 18.5 Å². The second-order valence-electron chi connectivity index (χ2n) is 5.93. The number of halogens is 2. The van der Waals surface area contributed by atoms with Gasteiger partial charge in [0.25, 0.3) is 0 Å². The van der Waals surface area contributed by atoms with Crippen LogP contribution < -0.4 is 4.74 Å². The number of hydrogen-bond donors (Lipinski definition) is 0. The molecule has 0 spiro atoms. The molecule has 0 heterocycles. The molecule has 4 heteroatoms. The molecule has 0 aliphatic heterocycles. The van der Waals surface area contributed by atoms with E-state index in [1.807, 2.05) is 36.4 Å². The summed E-state index contributed by atoms with van der Waals surface area (Å²) in [4.78, 5) is 0. The highest BCUT2D eigenvalue weighted by molar-refractivity contribution is 6.31. The van der Waals surface area contributed by atoms with Crippen molar-refractivity contribution in [2.24, 2.45) is 0 Å². The molecule has 0 saturated heterocycles. The molecule has 122 valence electrons. The van der Waals surface area contributed by atoms with Gasteiger partial charge in [-0.2, -0.15) is 0 Å².